The molecular weight excluding hydrogens is 422 g/mol. The van der Waals surface area contributed by atoms with Crippen molar-refractivity contribution < 1.29 is 23.7 Å². The van der Waals surface area contributed by atoms with Crippen LogP contribution in [0.15, 0.2) is 30.5 Å². The van der Waals surface area contributed by atoms with Gasteiger partial charge in [0.1, 0.15) is 5.56 Å². The number of ether oxygens (including phenoxy) is 4. The van der Waals surface area contributed by atoms with Gasteiger partial charge in [-0.15, -0.1) is 12.4 Å². The zero-order valence-electron chi connectivity index (χ0n) is 18.1. The zero-order chi connectivity index (χ0) is 21.7. The molecule has 3 aromatic rings. The lowest BCUT2D eigenvalue weighted by molar-refractivity contribution is 0.0506. The third kappa shape index (κ3) is 5.08. The smallest absolute Gasteiger partial charge is 0.341 e. The van der Waals surface area contributed by atoms with Crippen molar-refractivity contribution in [2.24, 2.45) is 0 Å². The molecule has 0 fully saturated rings. The van der Waals surface area contributed by atoms with Crippen molar-refractivity contribution in [1.82, 2.24) is 9.97 Å². The van der Waals surface area contributed by atoms with Gasteiger partial charge < -0.3 is 24.3 Å². The molecule has 0 saturated carbocycles. The van der Waals surface area contributed by atoms with Gasteiger partial charge in [0, 0.05) is 35.1 Å². The summed E-state index contributed by atoms with van der Waals surface area (Å²) in [5, 5.41) is 3.99. The first-order valence-corrected chi connectivity index (χ1v) is 9.52. The molecule has 0 aliphatic carbocycles. The molecule has 1 N–H and O–H groups in total. The van der Waals surface area contributed by atoms with Gasteiger partial charge in [-0.1, -0.05) is 6.92 Å². The molecule has 2 aromatic heterocycles. The minimum Gasteiger partial charge on any atom is -0.493 e. The molecule has 0 aliphatic rings. The predicted molar refractivity (Wildman–Crippen MR) is 121 cm³/mol. The molecule has 166 valence electrons. The number of rotatable bonds is 8. The Hall–Kier alpha value is -3.26. The van der Waals surface area contributed by atoms with Crippen molar-refractivity contribution in [1.29, 1.82) is 0 Å². The second-order valence-corrected chi connectivity index (χ2v) is 6.55. The standard InChI is InChI=1S/C22H25N3O5.ClH/c1-6-9-30-22(26)16-12-23-21-15(8-7-13(2)24-21)19(16)25-14-10-17(27-3)20(29-5)18(11-14)28-4;/h7-8,10-12H,6,9H2,1-5H3,(H,23,24,25);1H. The Bertz CT molecular complexity index is 1050. The van der Waals surface area contributed by atoms with Crippen LogP contribution in [0.4, 0.5) is 11.4 Å². The summed E-state index contributed by atoms with van der Waals surface area (Å²) in [6, 6.07) is 7.26. The molecule has 0 spiro atoms. The van der Waals surface area contributed by atoms with Gasteiger partial charge in [-0.25, -0.2) is 14.8 Å². The Kier molecular flexibility index (Phi) is 8.27. The maximum Gasteiger partial charge on any atom is 0.341 e. The Morgan fingerprint density at radius 3 is 2.32 bits per heavy atom. The number of fused-ring (bicyclic) bond motifs is 1. The quantitative estimate of drug-likeness (QED) is 0.497. The first-order valence-electron chi connectivity index (χ1n) is 9.52. The normalized spacial score (nSPS) is 10.2. The lowest BCUT2D eigenvalue weighted by Crippen LogP contribution is -2.10. The summed E-state index contributed by atoms with van der Waals surface area (Å²) in [6.45, 7) is 4.15. The van der Waals surface area contributed by atoms with Gasteiger partial charge in [0.15, 0.2) is 17.1 Å². The molecule has 0 amide bonds. The molecule has 2 heterocycles. The Morgan fingerprint density at radius 2 is 1.74 bits per heavy atom. The van der Waals surface area contributed by atoms with E-state index in [2.05, 4.69) is 15.3 Å². The Balaban J connectivity index is 0.00000341. The van der Waals surface area contributed by atoms with E-state index in [9.17, 15) is 4.79 Å². The number of hydrogen-bond donors (Lipinski definition) is 1. The molecule has 9 heteroatoms. The summed E-state index contributed by atoms with van der Waals surface area (Å²) in [7, 11) is 4.63. The third-order valence-corrected chi connectivity index (χ3v) is 4.46. The summed E-state index contributed by atoms with van der Waals surface area (Å²) >= 11 is 0. The second kappa shape index (κ2) is 10.7. The number of halogens is 1. The molecule has 0 radical (unpaired) electrons. The number of aromatic nitrogens is 2. The fraction of sp³-hybridized carbons (Fsp3) is 0.318. The highest BCUT2D eigenvalue weighted by Gasteiger charge is 2.20. The summed E-state index contributed by atoms with van der Waals surface area (Å²) in [5.41, 5.74) is 2.85. The highest BCUT2D eigenvalue weighted by Crippen LogP contribution is 2.41. The molecule has 8 nitrogen and oxygen atoms in total. The first kappa shape index (κ1) is 24.0. The number of esters is 1. The van der Waals surface area contributed by atoms with Crippen LogP contribution in [0.2, 0.25) is 0 Å². The monoisotopic (exact) mass is 447 g/mol. The van der Waals surface area contributed by atoms with Gasteiger partial charge in [-0.05, 0) is 25.5 Å². The van der Waals surface area contributed by atoms with E-state index in [-0.39, 0.29) is 12.4 Å². The largest absolute Gasteiger partial charge is 0.493 e. The average Bonchev–Trinajstić information content (AvgIpc) is 2.76. The maximum absolute atomic E-state index is 12.7. The maximum atomic E-state index is 12.7. The number of nitrogens with zero attached hydrogens (tertiary/aromatic N) is 2. The van der Waals surface area contributed by atoms with Crippen LogP contribution < -0.4 is 19.5 Å². The van der Waals surface area contributed by atoms with E-state index < -0.39 is 5.97 Å². The minimum absolute atomic E-state index is 0. The van der Waals surface area contributed by atoms with Crippen LogP contribution in [0.25, 0.3) is 11.0 Å². The van der Waals surface area contributed by atoms with Crippen molar-refractivity contribution in [2.75, 3.05) is 33.3 Å². The highest BCUT2D eigenvalue weighted by atomic mass is 35.5. The van der Waals surface area contributed by atoms with Crippen LogP contribution in [-0.4, -0.2) is 43.9 Å². The number of anilines is 2. The molecule has 0 atom stereocenters. The van der Waals surface area contributed by atoms with Crippen molar-refractivity contribution in [3.63, 3.8) is 0 Å². The number of carbonyl (C=O) groups excluding carboxylic acids is 1. The Labute approximate surface area is 187 Å². The van der Waals surface area contributed by atoms with Crippen LogP contribution >= 0.6 is 12.4 Å². The molecule has 31 heavy (non-hydrogen) atoms. The van der Waals surface area contributed by atoms with E-state index in [1.165, 1.54) is 6.20 Å². The molecule has 0 bridgehead atoms. The van der Waals surface area contributed by atoms with Gasteiger partial charge in [0.2, 0.25) is 5.75 Å². The number of aryl methyl sites for hydroxylation is 1. The van der Waals surface area contributed by atoms with E-state index in [0.717, 1.165) is 12.1 Å². The van der Waals surface area contributed by atoms with Crippen molar-refractivity contribution in [3.05, 3.63) is 41.7 Å². The van der Waals surface area contributed by atoms with E-state index in [1.807, 2.05) is 26.0 Å². The number of hydrogen-bond acceptors (Lipinski definition) is 8. The van der Waals surface area contributed by atoms with Crippen LogP contribution in [0.1, 0.15) is 29.4 Å². The first-order chi connectivity index (χ1) is 14.5. The molecule has 0 saturated heterocycles. The van der Waals surface area contributed by atoms with E-state index >= 15 is 0 Å². The zero-order valence-corrected chi connectivity index (χ0v) is 19.0. The number of nitrogens with one attached hydrogen (secondary N) is 1. The number of pyridine rings is 2. The molecule has 0 aliphatic heterocycles. The fourth-order valence-electron chi connectivity index (χ4n) is 3.03. The van der Waals surface area contributed by atoms with E-state index in [0.29, 0.717) is 51.8 Å². The summed E-state index contributed by atoms with van der Waals surface area (Å²) in [4.78, 5) is 21.5. The van der Waals surface area contributed by atoms with Gasteiger partial charge in [0.05, 0.1) is 33.6 Å². The van der Waals surface area contributed by atoms with Gasteiger partial charge in [-0.2, -0.15) is 0 Å². The van der Waals surface area contributed by atoms with Gasteiger partial charge in [-0.3, -0.25) is 0 Å². The molecule has 3 rings (SSSR count). The lowest BCUT2D eigenvalue weighted by Gasteiger charge is -2.17. The molecular formula is C22H26ClN3O5. The van der Waals surface area contributed by atoms with E-state index in [4.69, 9.17) is 18.9 Å². The van der Waals surface area contributed by atoms with Crippen LogP contribution in [0.3, 0.4) is 0 Å². The highest BCUT2D eigenvalue weighted by molar-refractivity contribution is 6.05. The molecule has 0 unspecified atom stereocenters. The number of benzene rings is 1. The van der Waals surface area contributed by atoms with Crippen molar-refractivity contribution >= 4 is 40.8 Å². The van der Waals surface area contributed by atoms with Crippen LogP contribution in [-0.2, 0) is 4.74 Å². The van der Waals surface area contributed by atoms with Gasteiger partial charge >= 0.3 is 5.97 Å². The van der Waals surface area contributed by atoms with Crippen LogP contribution in [0.5, 0.6) is 17.2 Å². The lowest BCUT2D eigenvalue weighted by atomic mass is 10.1. The van der Waals surface area contributed by atoms with Crippen molar-refractivity contribution in [2.45, 2.75) is 20.3 Å². The topological polar surface area (TPSA) is 91.8 Å². The average molecular weight is 448 g/mol. The summed E-state index contributed by atoms with van der Waals surface area (Å²) in [5.74, 6) is 0.996. The summed E-state index contributed by atoms with van der Waals surface area (Å²) < 4.78 is 21.6. The number of carbonyl (C=O) groups is 1. The van der Waals surface area contributed by atoms with Crippen molar-refractivity contribution in [3.8, 4) is 17.2 Å². The van der Waals surface area contributed by atoms with Crippen LogP contribution in [0, 0.1) is 6.92 Å². The fourth-order valence-corrected chi connectivity index (χ4v) is 3.03. The minimum atomic E-state index is -0.457. The third-order valence-electron chi connectivity index (χ3n) is 4.46. The molecule has 1 aromatic carbocycles. The summed E-state index contributed by atoms with van der Waals surface area (Å²) in [6.07, 6.45) is 2.20. The SMILES string of the molecule is CCCOC(=O)c1cnc2nc(C)ccc2c1Nc1cc(OC)c(OC)c(OC)c1.Cl. The predicted octanol–water partition coefficient (Wildman–Crippen LogP) is 4.70. The number of methoxy groups -OCH3 is 3. The van der Waals surface area contributed by atoms with Gasteiger partial charge in [0.25, 0.3) is 0 Å². The second-order valence-electron chi connectivity index (χ2n) is 6.55. The Morgan fingerprint density at radius 1 is 1.06 bits per heavy atom. The van der Waals surface area contributed by atoms with E-state index in [1.54, 1.807) is 33.5 Å².